The largest absolute Gasteiger partial charge is 0.492 e. The minimum absolute atomic E-state index is 0.0557. The Labute approximate surface area is 144 Å². The van der Waals surface area contributed by atoms with Gasteiger partial charge in [-0.25, -0.2) is 0 Å². The number of hydrogen-bond donors (Lipinski definition) is 2. The first-order chi connectivity index (χ1) is 11.0. The Morgan fingerprint density at radius 3 is 2.52 bits per heavy atom. The van der Waals surface area contributed by atoms with Crippen LogP contribution in [0.4, 0.5) is 0 Å². The molecule has 1 atom stereocenters. The molecule has 0 aromatic heterocycles. The van der Waals surface area contributed by atoms with Crippen LogP contribution < -0.4 is 30.1 Å². The molecule has 23 heavy (non-hydrogen) atoms. The highest BCUT2D eigenvalue weighted by atomic mass is 35.5. The number of benzene rings is 1. The molecule has 0 spiro atoms. The molecule has 1 aliphatic rings. The molecule has 126 valence electrons. The lowest BCUT2D eigenvalue weighted by molar-refractivity contribution is 0.168. The van der Waals surface area contributed by atoms with Gasteiger partial charge in [0, 0.05) is 16.5 Å². The van der Waals surface area contributed by atoms with Crippen molar-refractivity contribution in [1.82, 2.24) is 5.43 Å². The van der Waals surface area contributed by atoms with E-state index >= 15 is 0 Å². The second kappa shape index (κ2) is 7.56. The Morgan fingerprint density at radius 2 is 2.00 bits per heavy atom. The lowest BCUT2D eigenvalue weighted by Gasteiger charge is -2.18. The molecule has 0 fully saturated rings. The number of fused-ring (bicyclic) bond motifs is 1. The summed E-state index contributed by atoms with van der Waals surface area (Å²) in [6, 6.07) is 0. The summed E-state index contributed by atoms with van der Waals surface area (Å²) in [4.78, 5) is 0. The molecule has 0 saturated carbocycles. The molecule has 0 aliphatic carbocycles. The number of rotatable bonds is 6. The van der Waals surface area contributed by atoms with Crippen LogP contribution in [0.15, 0.2) is 5.10 Å². The lowest BCUT2D eigenvalue weighted by atomic mass is 9.99. The smallest absolute Gasteiger partial charge is 0.231 e. The molecule has 1 heterocycles. The molecular formula is C14H18ClN3O4S. The molecular weight excluding hydrogens is 342 g/mol. The first-order valence-corrected chi connectivity index (χ1v) is 7.63. The molecule has 3 N–H and O–H groups in total. The first-order valence-electron chi connectivity index (χ1n) is 6.78. The van der Waals surface area contributed by atoms with Gasteiger partial charge in [-0.15, -0.1) is 11.6 Å². The fraction of sp³-hybridized carbons (Fsp3) is 0.429. The van der Waals surface area contributed by atoms with Gasteiger partial charge in [0.15, 0.2) is 16.6 Å². The quantitative estimate of drug-likeness (QED) is 0.346. The average molecular weight is 360 g/mol. The van der Waals surface area contributed by atoms with E-state index in [1.165, 1.54) is 13.3 Å². The molecule has 7 nitrogen and oxygen atoms in total. The van der Waals surface area contributed by atoms with E-state index in [1.54, 1.807) is 7.11 Å². The fourth-order valence-electron chi connectivity index (χ4n) is 2.33. The SMILES string of the molecule is COc1c(/C=N/NC(N)=S)c(CC(C)Cl)c(OC)c2c1OCO2. The molecule has 1 aromatic rings. The maximum Gasteiger partial charge on any atom is 0.231 e. The summed E-state index contributed by atoms with van der Waals surface area (Å²) in [5.74, 6) is 1.99. The van der Waals surface area contributed by atoms with E-state index in [0.29, 0.717) is 35.0 Å². The number of ether oxygens (including phenoxy) is 4. The Balaban J connectivity index is 2.63. The minimum Gasteiger partial charge on any atom is -0.492 e. The third kappa shape index (κ3) is 3.70. The summed E-state index contributed by atoms with van der Waals surface area (Å²) in [7, 11) is 3.09. The van der Waals surface area contributed by atoms with Crippen LogP contribution in [0.3, 0.4) is 0 Å². The van der Waals surface area contributed by atoms with Crippen molar-refractivity contribution in [2.45, 2.75) is 18.7 Å². The van der Waals surface area contributed by atoms with Gasteiger partial charge >= 0.3 is 0 Å². The summed E-state index contributed by atoms with van der Waals surface area (Å²) in [6.07, 6.45) is 2.06. The molecule has 1 unspecified atom stereocenters. The standard InChI is InChI=1S/C14H18ClN3O4S/c1-7(15)4-8-9(5-17-18-14(16)23)11(20-3)13-12(10(8)19-2)21-6-22-13/h5,7H,4,6H2,1-3H3,(H3,16,18,23)/b17-5+. The van der Waals surface area contributed by atoms with Crippen molar-refractivity contribution in [2.75, 3.05) is 21.0 Å². The van der Waals surface area contributed by atoms with Gasteiger partial charge in [-0.2, -0.15) is 5.10 Å². The highest BCUT2D eigenvalue weighted by Crippen LogP contribution is 2.52. The van der Waals surface area contributed by atoms with E-state index in [-0.39, 0.29) is 17.3 Å². The number of hydrogen-bond acceptors (Lipinski definition) is 6. The van der Waals surface area contributed by atoms with E-state index in [0.717, 1.165) is 5.56 Å². The van der Waals surface area contributed by atoms with Gasteiger partial charge in [-0.05, 0) is 25.6 Å². The third-order valence-electron chi connectivity index (χ3n) is 3.13. The van der Waals surface area contributed by atoms with E-state index in [2.05, 4.69) is 10.5 Å². The number of methoxy groups -OCH3 is 2. The Morgan fingerprint density at radius 1 is 1.39 bits per heavy atom. The van der Waals surface area contributed by atoms with E-state index < -0.39 is 0 Å². The zero-order valence-corrected chi connectivity index (χ0v) is 14.6. The third-order valence-corrected chi connectivity index (χ3v) is 3.38. The van der Waals surface area contributed by atoms with Crippen LogP contribution in [0.25, 0.3) is 0 Å². The fourth-order valence-corrected chi connectivity index (χ4v) is 2.54. The zero-order chi connectivity index (χ0) is 17.0. The number of alkyl halides is 1. The van der Waals surface area contributed by atoms with E-state index in [4.69, 9.17) is 48.5 Å². The predicted molar refractivity (Wildman–Crippen MR) is 92.2 cm³/mol. The summed E-state index contributed by atoms with van der Waals surface area (Å²) in [5.41, 5.74) is 9.34. The van der Waals surface area contributed by atoms with Gasteiger partial charge < -0.3 is 24.7 Å². The van der Waals surface area contributed by atoms with Crippen molar-refractivity contribution >= 4 is 35.1 Å². The molecule has 0 radical (unpaired) electrons. The summed E-state index contributed by atoms with van der Waals surface area (Å²) in [6.45, 7) is 1.97. The number of nitrogens with zero attached hydrogens (tertiary/aromatic N) is 1. The molecule has 1 aliphatic heterocycles. The van der Waals surface area contributed by atoms with Crippen molar-refractivity contribution in [3.63, 3.8) is 0 Å². The van der Waals surface area contributed by atoms with Crippen molar-refractivity contribution in [2.24, 2.45) is 10.8 Å². The molecule has 9 heteroatoms. The normalized spacial score (nSPS) is 13.9. The molecule has 2 rings (SSSR count). The average Bonchev–Trinajstić information content (AvgIpc) is 2.95. The van der Waals surface area contributed by atoms with Gasteiger partial charge in [0.1, 0.15) is 0 Å². The van der Waals surface area contributed by atoms with Crippen molar-refractivity contribution in [1.29, 1.82) is 0 Å². The number of nitrogens with two attached hydrogens (primary N) is 1. The predicted octanol–water partition coefficient (Wildman–Crippen LogP) is 1.77. The monoisotopic (exact) mass is 359 g/mol. The van der Waals surface area contributed by atoms with Gasteiger partial charge in [-0.3, -0.25) is 5.43 Å². The highest BCUT2D eigenvalue weighted by Gasteiger charge is 2.31. The van der Waals surface area contributed by atoms with Crippen LogP contribution in [-0.4, -0.2) is 37.7 Å². The van der Waals surface area contributed by atoms with Crippen LogP contribution in [-0.2, 0) is 6.42 Å². The van der Waals surface area contributed by atoms with Crippen LogP contribution >= 0.6 is 23.8 Å². The maximum absolute atomic E-state index is 6.17. The first kappa shape index (κ1) is 17.4. The zero-order valence-electron chi connectivity index (χ0n) is 13.0. The molecule has 1 aromatic carbocycles. The van der Waals surface area contributed by atoms with Gasteiger partial charge in [0.05, 0.1) is 20.4 Å². The molecule has 0 amide bonds. The Kier molecular flexibility index (Phi) is 5.73. The van der Waals surface area contributed by atoms with Gasteiger partial charge in [0.25, 0.3) is 0 Å². The van der Waals surface area contributed by atoms with Crippen molar-refractivity contribution in [3.8, 4) is 23.0 Å². The van der Waals surface area contributed by atoms with Crippen molar-refractivity contribution < 1.29 is 18.9 Å². The second-order valence-corrected chi connectivity index (χ2v) is 5.93. The molecule has 0 bridgehead atoms. The minimum atomic E-state index is -0.135. The number of nitrogens with one attached hydrogen (secondary N) is 1. The number of hydrazone groups is 1. The number of halogens is 1. The van der Waals surface area contributed by atoms with Crippen LogP contribution in [0, 0.1) is 0 Å². The topological polar surface area (TPSA) is 87.3 Å². The van der Waals surface area contributed by atoms with Crippen LogP contribution in [0.1, 0.15) is 18.1 Å². The lowest BCUT2D eigenvalue weighted by Crippen LogP contribution is -2.24. The highest BCUT2D eigenvalue weighted by molar-refractivity contribution is 7.80. The van der Waals surface area contributed by atoms with E-state index in [1.807, 2.05) is 6.92 Å². The Hall–Kier alpha value is -1.93. The van der Waals surface area contributed by atoms with Gasteiger partial charge in [0.2, 0.25) is 18.3 Å². The molecule has 0 saturated heterocycles. The van der Waals surface area contributed by atoms with Crippen LogP contribution in [0.2, 0.25) is 0 Å². The van der Waals surface area contributed by atoms with Crippen molar-refractivity contribution in [3.05, 3.63) is 11.1 Å². The summed E-state index contributed by atoms with van der Waals surface area (Å²) in [5, 5.41) is 3.92. The van der Waals surface area contributed by atoms with Crippen LogP contribution in [0.5, 0.6) is 23.0 Å². The summed E-state index contributed by atoms with van der Waals surface area (Å²) < 4.78 is 22.0. The number of thiocarbonyl (C=S) groups is 1. The second-order valence-electron chi connectivity index (χ2n) is 4.74. The van der Waals surface area contributed by atoms with Gasteiger partial charge in [-0.1, -0.05) is 0 Å². The maximum atomic E-state index is 6.17. The van der Waals surface area contributed by atoms with E-state index in [9.17, 15) is 0 Å². The summed E-state index contributed by atoms with van der Waals surface area (Å²) >= 11 is 10.9. The Bertz CT molecular complexity index is 637.